The number of likely N-dealkylation sites (N-methyl/N-ethyl adjacent to an activating group) is 1. The lowest BCUT2D eigenvalue weighted by molar-refractivity contribution is -0.885. The number of para-hydroxylation sites is 1. The summed E-state index contributed by atoms with van der Waals surface area (Å²) < 4.78 is 3.76. The minimum Gasteiger partial charge on any atom is -0.326 e. The molecule has 0 bridgehead atoms. The van der Waals surface area contributed by atoms with Gasteiger partial charge in [0.05, 0.1) is 46.8 Å². The van der Waals surface area contributed by atoms with E-state index in [2.05, 4.69) is 17.3 Å². The predicted octanol–water partition coefficient (Wildman–Crippen LogP) is 1.49. The molecule has 1 atom stereocenters. The quantitative estimate of drug-likeness (QED) is 0.680. The molecular weight excluding hydrogens is 352 g/mol. The van der Waals surface area contributed by atoms with Crippen molar-refractivity contribution in [1.82, 2.24) is 19.6 Å². The average molecular weight is 382 g/mol. The molecular formula is C21H29N6O+. The minimum absolute atomic E-state index is 0.0116. The summed E-state index contributed by atoms with van der Waals surface area (Å²) in [5, 5.41) is 12.1. The molecule has 0 aliphatic carbocycles. The Morgan fingerprint density at radius 1 is 1.04 bits per heavy atom. The van der Waals surface area contributed by atoms with E-state index in [1.807, 2.05) is 69.9 Å². The van der Waals surface area contributed by atoms with Gasteiger partial charge in [0.2, 0.25) is 0 Å². The molecule has 28 heavy (non-hydrogen) atoms. The summed E-state index contributed by atoms with van der Waals surface area (Å²) in [4.78, 5) is 13.6. The second-order valence-electron chi connectivity index (χ2n) is 7.42. The molecule has 1 unspecified atom stereocenters. The molecule has 2 N–H and O–H groups in total. The fraction of sp³-hybridized carbons (Fsp3) is 0.381. The van der Waals surface area contributed by atoms with Crippen molar-refractivity contribution in [2.24, 2.45) is 7.05 Å². The van der Waals surface area contributed by atoms with Gasteiger partial charge in [-0.1, -0.05) is 18.2 Å². The molecule has 0 aliphatic rings. The van der Waals surface area contributed by atoms with E-state index in [4.69, 9.17) is 5.10 Å². The lowest BCUT2D eigenvalue weighted by Gasteiger charge is -2.14. The van der Waals surface area contributed by atoms with Crippen LogP contribution in [0.25, 0.3) is 5.69 Å². The van der Waals surface area contributed by atoms with Gasteiger partial charge in [0.25, 0.3) is 5.91 Å². The van der Waals surface area contributed by atoms with Crippen LogP contribution < -0.4 is 10.2 Å². The van der Waals surface area contributed by atoms with Crippen molar-refractivity contribution >= 4 is 11.6 Å². The van der Waals surface area contributed by atoms with Crippen molar-refractivity contribution in [3.8, 4) is 5.69 Å². The third-order valence-electron chi connectivity index (χ3n) is 5.16. The first kappa shape index (κ1) is 19.8. The number of carbonyl (C=O) groups excluding carboxylic acids is 1. The highest BCUT2D eigenvalue weighted by Gasteiger charge is 2.19. The molecule has 0 radical (unpaired) electrons. The molecule has 0 aliphatic heterocycles. The molecule has 0 saturated heterocycles. The molecule has 2 aromatic heterocycles. The maximum Gasteiger partial charge on any atom is 0.279 e. The molecule has 0 spiro atoms. The number of rotatable bonds is 6. The molecule has 7 nitrogen and oxygen atoms in total. The Balaban J connectivity index is 1.69. The van der Waals surface area contributed by atoms with Gasteiger partial charge in [-0.25, -0.2) is 4.68 Å². The lowest BCUT2D eigenvalue weighted by Crippen LogP contribution is -3.08. The molecule has 0 saturated carbocycles. The molecule has 1 aromatic carbocycles. The number of nitrogens with zero attached hydrogens (tertiary/aromatic N) is 4. The number of benzene rings is 1. The average Bonchev–Trinajstić information content (AvgIpc) is 3.06. The van der Waals surface area contributed by atoms with E-state index in [-0.39, 0.29) is 5.91 Å². The highest BCUT2D eigenvalue weighted by Crippen LogP contribution is 2.18. The minimum atomic E-state index is -0.0116. The highest BCUT2D eigenvalue weighted by molar-refractivity contribution is 5.92. The summed E-state index contributed by atoms with van der Waals surface area (Å²) in [6.45, 7) is 9.09. The highest BCUT2D eigenvalue weighted by atomic mass is 16.2. The largest absolute Gasteiger partial charge is 0.326 e. The van der Waals surface area contributed by atoms with Crippen LogP contribution >= 0.6 is 0 Å². The Morgan fingerprint density at radius 2 is 1.71 bits per heavy atom. The third-order valence-corrected chi connectivity index (χ3v) is 5.16. The summed E-state index contributed by atoms with van der Waals surface area (Å²) >= 11 is 0. The zero-order chi connectivity index (χ0) is 20.4. The standard InChI is InChI=1S/C21H28N6O/c1-14-19(16(3)27(24-14)18-10-8-7-9-11-18)12-25(5)13-20(28)22-21-15(2)23-26(6)17(21)4/h7-11H,12-13H2,1-6H3,(H,22,28)/p+1. The van der Waals surface area contributed by atoms with E-state index in [1.54, 1.807) is 4.68 Å². The summed E-state index contributed by atoms with van der Waals surface area (Å²) in [7, 11) is 3.91. The Kier molecular flexibility index (Phi) is 5.65. The van der Waals surface area contributed by atoms with Crippen molar-refractivity contribution in [3.63, 3.8) is 0 Å². The van der Waals surface area contributed by atoms with Crippen molar-refractivity contribution in [2.45, 2.75) is 34.2 Å². The zero-order valence-electron chi connectivity index (χ0n) is 17.5. The van der Waals surface area contributed by atoms with Gasteiger partial charge in [0.15, 0.2) is 6.54 Å². The van der Waals surface area contributed by atoms with Crippen molar-refractivity contribution < 1.29 is 9.69 Å². The Labute approximate surface area is 166 Å². The zero-order valence-corrected chi connectivity index (χ0v) is 17.5. The number of aryl methyl sites for hydroxylation is 3. The van der Waals surface area contributed by atoms with Gasteiger partial charge in [-0.2, -0.15) is 10.2 Å². The van der Waals surface area contributed by atoms with E-state index >= 15 is 0 Å². The van der Waals surface area contributed by atoms with Gasteiger partial charge in [0, 0.05) is 7.05 Å². The number of hydrogen-bond acceptors (Lipinski definition) is 3. The van der Waals surface area contributed by atoms with Gasteiger partial charge < -0.3 is 10.2 Å². The third kappa shape index (κ3) is 3.99. The molecule has 2 heterocycles. The second-order valence-corrected chi connectivity index (χ2v) is 7.42. The summed E-state index contributed by atoms with van der Waals surface area (Å²) in [6, 6.07) is 10.1. The number of quaternary nitrogens is 1. The fourth-order valence-electron chi connectivity index (χ4n) is 3.53. The van der Waals surface area contributed by atoms with Crippen LogP contribution in [0.5, 0.6) is 0 Å². The van der Waals surface area contributed by atoms with Crippen LogP contribution in [0.2, 0.25) is 0 Å². The number of carbonyl (C=O) groups is 1. The number of aromatic nitrogens is 4. The first-order valence-corrected chi connectivity index (χ1v) is 9.49. The Hall–Kier alpha value is -2.93. The van der Waals surface area contributed by atoms with E-state index in [0.717, 1.165) is 45.6 Å². The number of amides is 1. The Bertz CT molecular complexity index is 986. The van der Waals surface area contributed by atoms with Crippen LogP contribution in [0, 0.1) is 27.7 Å². The summed E-state index contributed by atoms with van der Waals surface area (Å²) in [5.41, 5.74) is 6.95. The summed E-state index contributed by atoms with van der Waals surface area (Å²) in [6.07, 6.45) is 0. The fourth-order valence-corrected chi connectivity index (χ4v) is 3.53. The van der Waals surface area contributed by atoms with Gasteiger partial charge >= 0.3 is 0 Å². The molecule has 1 amide bonds. The maximum absolute atomic E-state index is 12.5. The van der Waals surface area contributed by atoms with E-state index < -0.39 is 0 Å². The van der Waals surface area contributed by atoms with Crippen LogP contribution in [-0.2, 0) is 18.4 Å². The van der Waals surface area contributed by atoms with Crippen molar-refractivity contribution in [1.29, 1.82) is 0 Å². The SMILES string of the molecule is Cc1nn(-c2ccccc2)c(C)c1C[NH+](C)CC(=O)Nc1c(C)nn(C)c1C. The Morgan fingerprint density at radius 3 is 2.32 bits per heavy atom. The normalized spacial score (nSPS) is 12.2. The monoisotopic (exact) mass is 381 g/mol. The van der Waals surface area contributed by atoms with Gasteiger partial charge in [-0.3, -0.25) is 9.48 Å². The number of hydrogen-bond donors (Lipinski definition) is 2. The predicted molar refractivity (Wildman–Crippen MR) is 110 cm³/mol. The summed E-state index contributed by atoms with van der Waals surface area (Å²) in [5.74, 6) is -0.0116. The van der Waals surface area contributed by atoms with Gasteiger partial charge in [-0.05, 0) is 39.8 Å². The van der Waals surface area contributed by atoms with Crippen LogP contribution in [0.4, 0.5) is 5.69 Å². The number of anilines is 1. The smallest absolute Gasteiger partial charge is 0.279 e. The van der Waals surface area contributed by atoms with Gasteiger partial charge in [-0.15, -0.1) is 0 Å². The van der Waals surface area contributed by atoms with Crippen LogP contribution in [0.15, 0.2) is 30.3 Å². The molecule has 0 fully saturated rings. The second kappa shape index (κ2) is 7.98. The van der Waals surface area contributed by atoms with Crippen molar-refractivity contribution in [3.05, 3.63) is 58.7 Å². The number of nitrogens with one attached hydrogen (secondary N) is 2. The first-order valence-electron chi connectivity index (χ1n) is 9.49. The first-order chi connectivity index (χ1) is 13.3. The van der Waals surface area contributed by atoms with Gasteiger partial charge in [0.1, 0.15) is 6.54 Å². The maximum atomic E-state index is 12.5. The molecule has 148 valence electrons. The van der Waals surface area contributed by atoms with E-state index in [0.29, 0.717) is 6.54 Å². The molecule has 7 heteroatoms. The van der Waals surface area contributed by atoms with E-state index in [1.165, 1.54) is 5.56 Å². The van der Waals surface area contributed by atoms with Crippen LogP contribution in [-0.4, -0.2) is 39.1 Å². The molecule has 3 aromatic rings. The lowest BCUT2D eigenvalue weighted by atomic mass is 10.2. The van der Waals surface area contributed by atoms with Crippen LogP contribution in [0.1, 0.15) is 28.3 Å². The van der Waals surface area contributed by atoms with E-state index in [9.17, 15) is 4.79 Å². The molecule has 3 rings (SSSR count). The van der Waals surface area contributed by atoms with Crippen molar-refractivity contribution in [2.75, 3.05) is 18.9 Å². The van der Waals surface area contributed by atoms with Crippen LogP contribution in [0.3, 0.4) is 0 Å². The topological polar surface area (TPSA) is 69.2 Å².